The van der Waals surface area contributed by atoms with Crippen LogP contribution in [0.4, 0.5) is 0 Å². The largest absolute Gasteiger partial charge is 0.327 e. The Morgan fingerprint density at radius 1 is 1.40 bits per heavy atom. The zero-order chi connectivity index (χ0) is 11.8. The first kappa shape index (κ1) is 13.7. The second-order valence-electron chi connectivity index (χ2n) is 3.80. The van der Waals surface area contributed by atoms with Gasteiger partial charge in [0.15, 0.2) is 0 Å². The van der Waals surface area contributed by atoms with Gasteiger partial charge in [0, 0.05) is 12.6 Å². The average Bonchev–Trinajstić information content (AvgIpc) is 2.13. The van der Waals surface area contributed by atoms with Crippen LogP contribution in [0.1, 0.15) is 33.6 Å². The van der Waals surface area contributed by atoms with E-state index in [4.69, 9.17) is 0 Å². The first-order valence-corrected chi connectivity index (χ1v) is 5.30. The van der Waals surface area contributed by atoms with Crippen LogP contribution in [-0.2, 0) is 4.79 Å². The molecule has 1 N–H and O–H groups in total. The number of rotatable bonds is 6. The van der Waals surface area contributed by atoms with Gasteiger partial charge in [0.1, 0.15) is 0 Å². The molecule has 0 fully saturated rings. The molecule has 0 aliphatic rings. The molecule has 0 rings (SSSR count). The lowest BCUT2D eigenvalue weighted by atomic mass is 9.97. The molecule has 1 unspecified atom stereocenters. The highest BCUT2D eigenvalue weighted by Crippen LogP contribution is 2.15. The maximum Gasteiger partial charge on any atom is 0.221 e. The molecule has 0 saturated carbocycles. The molecule has 15 heavy (non-hydrogen) atoms. The number of carbonyl (C=O) groups is 1. The van der Waals surface area contributed by atoms with Crippen LogP contribution in [0.3, 0.4) is 0 Å². The van der Waals surface area contributed by atoms with E-state index in [1.807, 2.05) is 6.08 Å². The molecular formula is C13H21NO. The molecule has 2 nitrogen and oxygen atoms in total. The smallest absolute Gasteiger partial charge is 0.221 e. The van der Waals surface area contributed by atoms with E-state index in [9.17, 15) is 4.79 Å². The Labute approximate surface area is 92.8 Å². The van der Waals surface area contributed by atoms with Crippen molar-refractivity contribution in [1.82, 2.24) is 5.32 Å². The molecule has 1 atom stereocenters. The number of hydrogen-bond donors (Lipinski definition) is 1. The Bertz CT molecular complexity index is 276. The summed E-state index contributed by atoms with van der Waals surface area (Å²) in [5.74, 6) is 0.383. The third-order valence-electron chi connectivity index (χ3n) is 2.19. The summed E-state index contributed by atoms with van der Waals surface area (Å²) in [5, 5.41) is 2.61. The highest BCUT2D eigenvalue weighted by molar-refractivity contribution is 5.75. The van der Waals surface area contributed by atoms with E-state index in [1.54, 1.807) is 6.08 Å². The van der Waals surface area contributed by atoms with Crippen molar-refractivity contribution < 1.29 is 4.79 Å². The summed E-state index contributed by atoms with van der Waals surface area (Å²) in [7, 11) is 0. The third kappa shape index (κ3) is 6.72. The van der Waals surface area contributed by atoms with Crippen molar-refractivity contribution in [3.05, 3.63) is 36.6 Å². The lowest BCUT2D eigenvalue weighted by Gasteiger charge is -2.09. The summed E-state index contributed by atoms with van der Waals surface area (Å²) >= 11 is 0. The van der Waals surface area contributed by atoms with Crippen LogP contribution < -0.4 is 5.32 Å². The monoisotopic (exact) mass is 207 g/mol. The summed E-state index contributed by atoms with van der Waals surface area (Å²) in [4.78, 5) is 10.7. The molecule has 0 aromatic heterocycles. The van der Waals surface area contributed by atoms with Crippen molar-refractivity contribution in [3.8, 4) is 0 Å². The minimum absolute atomic E-state index is 0.100. The fourth-order valence-corrected chi connectivity index (χ4v) is 1.26. The van der Waals surface area contributed by atoms with Crippen LogP contribution in [-0.4, -0.2) is 5.91 Å². The van der Waals surface area contributed by atoms with Gasteiger partial charge in [0.25, 0.3) is 0 Å². The van der Waals surface area contributed by atoms with Gasteiger partial charge in [0.2, 0.25) is 5.91 Å². The number of carbonyl (C=O) groups excluding carboxylic acids is 1. The summed E-state index contributed by atoms with van der Waals surface area (Å²) in [5.41, 5.74) is 1.68. The molecule has 84 valence electrons. The van der Waals surface area contributed by atoms with Gasteiger partial charge in [-0.1, -0.05) is 45.1 Å². The second kappa shape index (κ2) is 7.04. The Morgan fingerprint density at radius 3 is 2.47 bits per heavy atom. The summed E-state index contributed by atoms with van der Waals surface area (Å²) in [6.45, 7) is 13.5. The molecular weight excluding hydrogens is 186 g/mol. The first-order chi connectivity index (χ1) is 6.97. The minimum Gasteiger partial charge on any atom is -0.327 e. The maximum absolute atomic E-state index is 10.7. The topological polar surface area (TPSA) is 29.1 Å². The van der Waals surface area contributed by atoms with Crippen LogP contribution in [0.25, 0.3) is 0 Å². The van der Waals surface area contributed by atoms with Gasteiger partial charge in [-0.2, -0.15) is 0 Å². The second-order valence-corrected chi connectivity index (χ2v) is 3.80. The zero-order valence-electron chi connectivity index (χ0n) is 9.97. The van der Waals surface area contributed by atoms with Crippen molar-refractivity contribution in [2.24, 2.45) is 5.92 Å². The fourth-order valence-electron chi connectivity index (χ4n) is 1.26. The highest BCUT2D eigenvalue weighted by atomic mass is 16.1. The molecule has 0 aromatic rings. The molecule has 0 spiro atoms. The SMILES string of the molecule is C=C(/C=C\C(=C)C(C)CCC)NC(C)=O. The Balaban J connectivity index is 4.10. The quantitative estimate of drug-likeness (QED) is 0.666. The van der Waals surface area contributed by atoms with Gasteiger partial charge in [0.05, 0.1) is 0 Å². The molecule has 0 aliphatic heterocycles. The van der Waals surface area contributed by atoms with Crippen molar-refractivity contribution in [1.29, 1.82) is 0 Å². The van der Waals surface area contributed by atoms with Crippen LogP contribution >= 0.6 is 0 Å². The van der Waals surface area contributed by atoms with Crippen molar-refractivity contribution in [2.45, 2.75) is 33.6 Å². The molecule has 1 amide bonds. The van der Waals surface area contributed by atoms with Gasteiger partial charge in [-0.25, -0.2) is 0 Å². The lowest BCUT2D eigenvalue weighted by molar-refractivity contribution is -0.118. The number of allylic oxidation sites excluding steroid dienone is 3. The van der Waals surface area contributed by atoms with E-state index in [0.29, 0.717) is 11.6 Å². The normalized spacial score (nSPS) is 12.5. The number of nitrogens with one attached hydrogen (secondary N) is 1. The molecule has 2 heteroatoms. The Hall–Kier alpha value is -1.31. The number of amides is 1. The van der Waals surface area contributed by atoms with Crippen LogP contribution in [0.2, 0.25) is 0 Å². The van der Waals surface area contributed by atoms with E-state index in [-0.39, 0.29) is 5.91 Å². The van der Waals surface area contributed by atoms with Crippen molar-refractivity contribution in [3.63, 3.8) is 0 Å². The minimum atomic E-state index is -0.100. The maximum atomic E-state index is 10.7. The number of hydrogen-bond acceptors (Lipinski definition) is 1. The summed E-state index contributed by atoms with van der Waals surface area (Å²) < 4.78 is 0. The van der Waals surface area contributed by atoms with Gasteiger partial charge < -0.3 is 5.32 Å². The van der Waals surface area contributed by atoms with Gasteiger partial charge in [-0.15, -0.1) is 0 Å². The standard InChI is InChI=1S/C13H21NO/c1-6-7-10(2)11(3)8-9-12(4)14-13(5)15/h8-10H,3-4,6-7H2,1-2,5H3,(H,14,15)/b9-8-. The van der Waals surface area contributed by atoms with Gasteiger partial charge in [-0.05, 0) is 18.4 Å². The van der Waals surface area contributed by atoms with E-state index >= 15 is 0 Å². The molecule has 0 bridgehead atoms. The van der Waals surface area contributed by atoms with E-state index < -0.39 is 0 Å². The fraction of sp³-hybridized carbons (Fsp3) is 0.462. The van der Waals surface area contributed by atoms with E-state index in [2.05, 4.69) is 32.3 Å². The van der Waals surface area contributed by atoms with Gasteiger partial charge >= 0.3 is 0 Å². The predicted molar refractivity (Wildman–Crippen MR) is 65.3 cm³/mol. The molecule has 0 aromatic carbocycles. The predicted octanol–water partition coefficient (Wildman–Crippen LogP) is 3.18. The van der Waals surface area contributed by atoms with E-state index in [1.165, 1.54) is 6.92 Å². The molecule has 0 aliphatic carbocycles. The van der Waals surface area contributed by atoms with Crippen molar-refractivity contribution in [2.75, 3.05) is 0 Å². The van der Waals surface area contributed by atoms with Crippen LogP contribution in [0.15, 0.2) is 36.6 Å². The first-order valence-electron chi connectivity index (χ1n) is 5.30. The van der Waals surface area contributed by atoms with E-state index in [0.717, 1.165) is 18.4 Å². The van der Waals surface area contributed by atoms with Crippen LogP contribution in [0, 0.1) is 5.92 Å². The molecule has 0 saturated heterocycles. The Morgan fingerprint density at radius 2 is 2.00 bits per heavy atom. The molecule has 0 heterocycles. The third-order valence-corrected chi connectivity index (χ3v) is 2.19. The lowest BCUT2D eigenvalue weighted by Crippen LogP contribution is -2.16. The highest BCUT2D eigenvalue weighted by Gasteiger charge is 2.01. The molecule has 0 radical (unpaired) electrons. The summed E-state index contributed by atoms with van der Waals surface area (Å²) in [6.07, 6.45) is 5.99. The van der Waals surface area contributed by atoms with Gasteiger partial charge in [-0.3, -0.25) is 4.79 Å². The summed E-state index contributed by atoms with van der Waals surface area (Å²) in [6, 6.07) is 0. The van der Waals surface area contributed by atoms with Crippen LogP contribution in [0.5, 0.6) is 0 Å². The average molecular weight is 207 g/mol. The van der Waals surface area contributed by atoms with Crippen molar-refractivity contribution >= 4 is 5.91 Å². The Kier molecular flexibility index (Phi) is 6.43. The zero-order valence-corrected chi connectivity index (χ0v) is 9.97.